The van der Waals surface area contributed by atoms with Gasteiger partial charge < -0.3 is 20.1 Å². The normalized spacial score (nSPS) is 15.3. The van der Waals surface area contributed by atoms with Gasteiger partial charge in [0.05, 0.1) is 24.2 Å². The minimum absolute atomic E-state index is 0.0629. The number of benzene rings is 1. The average Bonchev–Trinajstić information content (AvgIpc) is 2.64. The van der Waals surface area contributed by atoms with E-state index in [4.69, 9.17) is 9.84 Å². The van der Waals surface area contributed by atoms with E-state index in [1.54, 1.807) is 0 Å². The van der Waals surface area contributed by atoms with Gasteiger partial charge in [0.15, 0.2) is 0 Å². The van der Waals surface area contributed by atoms with Crippen molar-refractivity contribution in [2.45, 2.75) is 51.7 Å². The molecule has 3 atom stereocenters. The topological polar surface area (TPSA) is 87.0 Å². The average molecular weight is 385 g/mol. The second-order valence-corrected chi connectivity index (χ2v) is 8.30. The lowest BCUT2D eigenvalue weighted by Crippen LogP contribution is -2.32. The molecule has 148 valence electrons. The van der Waals surface area contributed by atoms with E-state index in [0.29, 0.717) is 17.9 Å². The molecule has 1 aromatic rings. The molecule has 1 rings (SSSR count). The number of carbonyl (C=O) groups excluding carboxylic acids is 1. The highest BCUT2D eigenvalue weighted by Crippen LogP contribution is 2.34. The van der Waals surface area contributed by atoms with Gasteiger partial charge in [-0.15, -0.1) is 0 Å². The third-order valence-electron chi connectivity index (χ3n) is 4.31. The van der Waals surface area contributed by atoms with Crippen LogP contribution in [0.15, 0.2) is 30.3 Å². The Morgan fingerprint density at radius 2 is 1.77 bits per heavy atom. The number of carbonyl (C=O) groups is 1. The summed E-state index contributed by atoms with van der Waals surface area (Å²) in [6.45, 7) is 5.50. The summed E-state index contributed by atoms with van der Waals surface area (Å²) in [5.41, 5.74) is 0.575. The van der Waals surface area contributed by atoms with Gasteiger partial charge in [-0.25, -0.2) is 0 Å². The Morgan fingerprint density at radius 1 is 1.15 bits per heavy atom. The molecule has 0 saturated heterocycles. The standard InChI is InChI=1S/C20H32O5S/c1-4-15(16-8-6-5-7-9-16)10-20(2,3)19(24)25-12-18(23)14-26-13-17(22)11-21/h5-9,15,17-18,21-23H,4,10-14H2,1-3H3. The van der Waals surface area contributed by atoms with Gasteiger partial charge in [-0.2, -0.15) is 11.8 Å². The van der Waals surface area contributed by atoms with Crippen LogP contribution in [-0.4, -0.2) is 58.2 Å². The summed E-state index contributed by atoms with van der Waals surface area (Å²) < 4.78 is 5.32. The van der Waals surface area contributed by atoms with Crippen molar-refractivity contribution >= 4 is 17.7 Å². The third kappa shape index (κ3) is 8.08. The number of ether oxygens (including phenoxy) is 1. The minimum Gasteiger partial charge on any atom is -0.462 e. The number of aliphatic hydroxyl groups is 3. The van der Waals surface area contributed by atoms with Crippen LogP contribution in [0, 0.1) is 5.41 Å². The Hall–Kier alpha value is -1.08. The molecular weight excluding hydrogens is 352 g/mol. The van der Waals surface area contributed by atoms with Gasteiger partial charge in [-0.05, 0) is 38.2 Å². The zero-order valence-electron chi connectivity index (χ0n) is 15.9. The van der Waals surface area contributed by atoms with Crippen LogP contribution in [0.3, 0.4) is 0 Å². The molecule has 3 N–H and O–H groups in total. The quantitative estimate of drug-likeness (QED) is 0.480. The van der Waals surface area contributed by atoms with Crippen molar-refractivity contribution in [2.75, 3.05) is 24.7 Å². The second-order valence-electron chi connectivity index (χ2n) is 7.23. The van der Waals surface area contributed by atoms with Crippen LogP contribution >= 0.6 is 11.8 Å². The van der Waals surface area contributed by atoms with Crippen LogP contribution in [0.4, 0.5) is 0 Å². The Balaban J connectivity index is 2.46. The molecule has 5 nitrogen and oxygen atoms in total. The highest BCUT2D eigenvalue weighted by molar-refractivity contribution is 7.99. The van der Waals surface area contributed by atoms with E-state index >= 15 is 0 Å². The minimum atomic E-state index is -0.794. The monoisotopic (exact) mass is 384 g/mol. The fourth-order valence-electron chi connectivity index (χ4n) is 2.73. The second kappa shape index (κ2) is 11.6. The smallest absolute Gasteiger partial charge is 0.311 e. The van der Waals surface area contributed by atoms with E-state index in [1.165, 1.54) is 17.3 Å². The summed E-state index contributed by atoms with van der Waals surface area (Å²) in [5, 5.41) is 27.9. The highest BCUT2D eigenvalue weighted by Gasteiger charge is 2.33. The largest absolute Gasteiger partial charge is 0.462 e. The summed E-state index contributed by atoms with van der Waals surface area (Å²) in [6, 6.07) is 10.2. The number of hydrogen-bond donors (Lipinski definition) is 3. The van der Waals surface area contributed by atoms with Crippen molar-refractivity contribution in [3.8, 4) is 0 Å². The maximum atomic E-state index is 12.5. The van der Waals surface area contributed by atoms with Gasteiger partial charge in [0, 0.05) is 11.5 Å². The van der Waals surface area contributed by atoms with Crippen LogP contribution in [-0.2, 0) is 9.53 Å². The van der Waals surface area contributed by atoms with Crippen molar-refractivity contribution in [1.29, 1.82) is 0 Å². The van der Waals surface area contributed by atoms with E-state index in [0.717, 1.165) is 6.42 Å². The first-order chi connectivity index (χ1) is 12.3. The van der Waals surface area contributed by atoms with Crippen molar-refractivity contribution in [2.24, 2.45) is 5.41 Å². The molecule has 0 amide bonds. The van der Waals surface area contributed by atoms with E-state index in [9.17, 15) is 15.0 Å². The van der Waals surface area contributed by atoms with Crippen LogP contribution in [0.1, 0.15) is 45.1 Å². The van der Waals surface area contributed by atoms with Crippen molar-refractivity contribution < 1.29 is 24.9 Å². The molecule has 26 heavy (non-hydrogen) atoms. The summed E-state index contributed by atoms with van der Waals surface area (Å²) in [7, 11) is 0. The zero-order chi connectivity index (χ0) is 19.6. The molecule has 0 aliphatic carbocycles. The highest BCUT2D eigenvalue weighted by atomic mass is 32.2. The molecule has 0 aliphatic heterocycles. The van der Waals surface area contributed by atoms with E-state index in [1.807, 2.05) is 32.0 Å². The van der Waals surface area contributed by atoms with Gasteiger partial charge in [0.2, 0.25) is 0 Å². The van der Waals surface area contributed by atoms with E-state index < -0.39 is 17.6 Å². The fourth-order valence-corrected chi connectivity index (χ4v) is 3.61. The third-order valence-corrected chi connectivity index (χ3v) is 5.55. The van der Waals surface area contributed by atoms with Crippen LogP contribution in [0.25, 0.3) is 0 Å². The molecular formula is C20H32O5S. The molecule has 0 radical (unpaired) electrons. The van der Waals surface area contributed by atoms with Crippen LogP contribution in [0.5, 0.6) is 0 Å². The fraction of sp³-hybridized carbons (Fsp3) is 0.650. The van der Waals surface area contributed by atoms with Gasteiger partial charge in [0.1, 0.15) is 6.61 Å². The van der Waals surface area contributed by atoms with E-state index in [2.05, 4.69) is 19.1 Å². The molecule has 0 aromatic heterocycles. The van der Waals surface area contributed by atoms with Crippen LogP contribution < -0.4 is 0 Å². The number of esters is 1. The lowest BCUT2D eigenvalue weighted by atomic mass is 9.79. The number of rotatable bonds is 12. The molecule has 0 aliphatic rings. The predicted molar refractivity (Wildman–Crippen MR) is 105 cm³/mol. The van der Waals surface area contributed by atoms with Crippen LogP contribution in [0.2, 0.25) is 0 Å². The Kier molecular flexibility index (Phi) is 10.2. The maximum absolute atomic E-state index is 12.5. The van der Waals surface area contributed by atoms with Crippen molar-refractivity contribution in [1.82, 2.24) is 0 Å². The van der Waals surface area contributed by atoms with Crippen molar-refractivity contribution in [3.05, 3.63) is 35.9 Å². The van der Waals surface area contributed by atoms with Gasteiger partial charge in [-0.1, -0.05) is 37.3 Å². The van der Waals surface area contributed by atoms with Gasteiger partial charge >= 0.3 is 5.97 Å². The Bertz CT molecular complexity index is 520. The first-order valence-corrected chi connectivity index (χ1v) is 10.2. The Morgan fingerprint density at radius 3 is 2.35 bits per heavy atom. The molecule has 1 aromatic carbocycles. The molecule has 3 unspecified atom stereocenters. The number of aliphatic hydroxyl groups excluding tert-OH is 3. The van der Waals surface area contributed by atoms with Gasteiger partial charge in [-0.3, -0.25) is 4.79 Å². The first kappa shape index (κ1) is 23.0. The molecule has 0 saturated carbocycles. The SMILES string of the molecule is CCC(CC(C)(C)C(=O)OCC(O)CSCC(O)CO)c1ccccc1. The zero-order valence-corrected chi connectivity index (χ0v) is 16.7. The van der Waals surface area contributed by atoms with E-state index in [-0.39, 0.29) is 25.1 Å². The van der Waals surface area contributed by atoms with Gasteiger partial charge in [0.25, 0.3) is 0 Å². The lowest BCUT2D eigenvalue weighted by molar-refractivity contribution is -0.157. The summed E-state index contributed by atoms with van der Waals surface area (Å²) in [5.74, 6) is 0.639. The summed E-state index contributed by atoms with van der Waals surface area (Å²) in [4.78, 5) is 12.5. The number of hydrogen-bond acceptors (Lipinski definition) is 6. The van der Waals surface area contributed by atoms with Crippen molar-refractivity contribution in [3.63, 3.8) is 0 Å². The molecule has 0 fully saturated rings. The lowest BCUT2D eigenvalue weighted by Gasteiger charge is -2.28. The Labute approximate surface area is 160 Å². The summed E-state index contributed by atoms with van der Waals surface area (Å²) >= 11 is 1.31. The summed E-state index contributed by atoms with van der Waals surface area (Å²) in [6.07, 6.45) is 0.0342. The number of thioether (sulfide) groups is 1. The molecule has 0 bridgehead atoms. The maximum Gasteiger partial charge on any atom is 0.311 e. The molecule has 0 heterocycles. The first-order valence-electron chi connectivity index (χ1n) is 9.07. The molecule has 0 spiro atoms. The predicted octanol–water partition coefficient (Wildman–Crippen LogP) is 2.59. The molecule has 6 heteroatoms.